The van der Waals surface area contributed by atoms with Crippen molar-refractivity contribution in [3.05, 3.63) is 52.3 Å². The van der Waals surface area contributed by atoms with Crippen LogP contribution in [-0.2, 0) is 4.79 Å². The standard InChI is InChI=1S/C22H23N3O5/c23-21(27)22-9-12-7-14(10-22)19(15(8-12)11-22)24-20(26)18-6-5-17(30-18)13-1-3-16(4-2-13)25(28)29/h1-6,12,14-15,19H,7-11H2,(H2,23,27)(H,24,26)/t12?,14?,15?,19-,22-. The molecule has 3 N–H and O–H groups in total. The number of nitrogens with two attached hydrogens (primary N) is 1. The molecule has 2 unspecified atom stereocenters. The predicted octanol–water partition coefficient (Wildman–Crippen LogP) is 3.26. The average Bonchev–Trinajstić information content (AvgIpc) is 3.20. The van der Waals surface area contributed by atoms with Gasteiger partial charge in [0.15, 0.2) is 5.76 Å². The van der Waals surface area contributed by atoms with Crippen molar-refractivity contribution in [2.75, 3.05) is 0 Å². The van der Waals surface area contributed by atoms with E-state index in [9.17, 15) is 19.7 Å². The third-order valence-electron chi connectivity index (χ3n) is 7.29. The summed E-state index contributed by atoms with van der Waals surface area (Å²) < 4.78 is 5.73. The van der Waals surface area contributed by atoms with Gasteiger partial charge in [0.25, 0.3) is 11.6 Å². The van der Waals surface area contributed by atoms with Crippen LogP contribution < -0.4 is 11.1 Å². The zero-order valence-electron chi connectivity index (χ0n) is 16.4. The maximum absolute atomic E-state index is 12.9. The molecule has 1 aromatic heterocycles. The Morgan fingerprint density at radius 3 is 2.33 bits per heavy atom. The first-order valence-corrected chi connectivity index (χ1v) is 10.3. The molecular formula is C22H23N3O5. The first-order valence-electron chi connectivity index (χ1n) is 10.3. The number of nitrogens with zero attached hydrogens (tertiary/aromatic N) is 1. The van der Waals surface area contributed by atoms with Gasteiger partial charge in [-0.3, -0.25) is 19.7 Å². The van der Waals surface area contributed by atoms with Gasteiger partial charge in [-0.1, -0.05) is 0 Å². The number of carbonyl (C=O) groups excluding carboxylic acids is 2. The molecule has 1 heterocycles. The Morgan fingerprint density at radius 1 is 1.07 bits per heavy atom. The van der Waals surface area contributed by atoms with E-state index in [0.29, 0.717) is 17.2 Å². The quantitative estimate of drug-likeness (QED) is 0.578. The summed E-state index contributed by atoms with van der Waals surface area (Å²) in [5.74, 6) is 1.31. The van der Waals surface area contributed by atoms with Crippen molar-refractivity contribution < 1.29 is 18.9 Å². The molecule has 8 heteroatoms. The van der Waals surface area contributed by atoms with Crippen LogP contribution in [0.2, 0.25) is 0 Å². The maximum Gasteiger partial charge on any atom is 0.287 e. The van der Waals surface area contributed by atoms with Gasteiger partial charge in [0, 0.05) is 29.2 Å². The van der Waals surface area contributed by atoms with E-state index in [1.54, 1.807) is 24.3 Å². The molecule has 0 saturated heterocycles. The highest BCUT2D eigenvalue weighted by Gasteiger charge is 2.58. The third-order valence-corrected chi connectivity index (χ3v) is 7.29. The van der Waals surface area contributed by atoms with Crippen molar-refractivity contribution in [1.82, 2.24) is 5.32 Å². The number of hydrogen-bond acceptors (Lipinski definition) is 5. The highest BCUT2D eigenvalue weighted by atomic mass is 16.6. The topological polar surface area (TPSA) is 128 Å². The molecule has 0 aliphatic heterocycles. The van der Waals surface area contributed by atoms with Crippen molar-refractivity contribution in [2.45, 2.75) is 38.1 Å². The molecule has 4 fully saturated rings. The van der Waals surface area contributed by atoms with Crippen LogP contribution in [0, 0.1) is 33.3 Å². The lowest BCUT2D eigenvalue weighted by Gasteiger charge is -2.58. The second-order valence-corrected chi connectivity index (χ2v) is 9.08. The van der Waals surface area contributed by atoms with Crippen LogP contribution in [0.15, 0.2) is 40.8 Å². The summed E-state index contributed by atoms with van der Waals surface area (Å²) in [5.41, 5.74) is 6.01. The average molecular weight is 409 g/mol. The van der Waals surface area contributed by atoms with Gasteiger partial charge in [0.05, 0.1) is 4.92 Å². The monoisotopic (exact) mass is 409 g/mol. The van der Waals surface area contributed by atoms with Gasteiger partial charge in [0.2, 0.25) is 5.91 Å². The van der Waals surface area contributed by atoms with Gasteiger partial charge >= 0.3 is 0 Å². The zero-order valence-corrected chi connectivity index (χ0v) is 16.4. The summed E-state index contributed by atoms with van der Waals surface area (Å²) in [6.07, 6.45) is 4.47. The van der Waals surface area contributed by atoms with E-state index >= 15 is 0 Å². The lowest BCUT2D eigenvalue weighted by atomic mass is 9.47. The van der Waals surface area contributed by atoms with Gasteiger partial charge in [-0.25, -0.2) is 0 Å². The third kappa shape index (κ3) is 2.98. The van der Waals surface area contributed by atoms with E-state index in [1.807, 2.05) is 0 Å². The number of nitrogens with one attached hydrogen (secondary N) is 1. The highest BCUT2D eigenvalue weighted by molar-refractivity contribution is 5.92. The summed E-state index contributed by atoms with van der Waals surface area (Å²) in [5, 5.41) is 13.9. The van der Waals surface area contributed by atoms with Crippen molar-refractivity contribution in [2.24, 2.45) is 28.9 Å². The Morgan fingerprint density at radius 2 is 1.73 bits per heavy atom. The van der Waals surface area contributed by atoms with Crippen LogP contribution in [0.1, 0.15) is 42.7 Å². The first-order chi connectivity index (χ1) is 14.3. The second kappa shape index (κ2) is 6.68. The van der Waals surface area contributed by atoms with Gasteiger partial charge < -0.3 is 15.5 Å². The fourth-order valence-electron chi connectivity index (χ4n) is 6.15. The summed E-state index contributed by atoms with van der Waals surface area (Å²) in [6.45, 7) is 0. The number of non-ortho nitro benzene ring substituents is 1. The molecule has 0 spiro atoms. The largest absolute Gasteiger partial charge is 0.451 e. The Kier molecular flexibility index (Phi) is 4.20. The molecule has 1 aromatic carbocycles. The van der Waals surface area contributed by atoms with E-state index in [-0.39, 0.29) is 46.6 Å². The predicted molar refractivity (Wildman–Crippen MR) is 107 cm³/mol. The maximum atomic E-state index is 12.9. The lowest BCUT2D eigenvalue weighted by Crippen LogP contribution is -2.62. The Labute approximate surface area is 173 Å². The summed E-state index contributed by atoms with van der Waals surface area (Å²) in [4.78, 5) is 35.3. The molecule has 0 radical (unpaired) electrons. The normalized spacial score (nSPS) is 31.5. The number of rotatable bonds is 5. The van der Waals surface area contributed by atoms with Crippen LogP contribution in [0.4, 0.5) is 5.69 Å². The van der Waals surface area contributed by atoms with E-state index < -0.39 is 4.92 Å². The van der Waals surface area contributed by atoms with Gasteiger partial charge in [-0.2, -0.15) is 0 Å². The molecule has 156 valence electrons. The Balaban J connectivity index is 1.30. The number of nitro groups is 1. The molecular weight excluding hydrogens is 386 g/mol. The summed E-state index contributed by atoms with van der Waals surface area (Å²) in [7, 11) is 0. The Hall–Kier alpha value is -3.16. The van der Waals surface area contributed by atoms with Crippen molar-refractivity contribution in [3.8, 4) is 11.3 Å². The zero-order chi connectivity index (χ0) is 21.0. The molecule has 4 aliphatic rings. The number of benzene rings is 1. The number of furan rings is 1. The number of hydrogen-bond donors (Lipinski definition) is 2. The SMILES string of the molecule is NC(=O)[C@]12CC3CC(C1)[C@@H](NC(=O)c1ccc(-c4ccc([N+](=O)[O-])cc4)o1)C(C3)C2. The van der Waals surface area contributed by atoms with E-state index in [0.717, 1.165) is 32.1 Å². The number of amides is 2. The van der Waals surface area contributed by atoms with Crippen LogP contribution in [0.3, 0.4) is 0 Å². The molecule has 4 bridgehead atoms. The van der Waals surface area contributed by atoms with E-state index in [2.05, 4.69) is 5.32 Å². The molecule has 2 atom stereocenters. The minimum atomic E-state index is -0.460. The molecule has 30 heavy (non-hydrogen) atoms. The fourth-order valence-corrected chi connectivity index (χ4v) is 6.15. The fraction of sp³-hybridized carbons (Fsp3) is 0.455. The van der Waals surface area contributed by atoms with Crippen molar-refractivity contribution >= 4 is 17.5 Å². The number of nitro benzene ring substituents is 1. The van der Waals surface area contributed by atoms with E-state index in [4.69, 9.17) is 10.2 Å². The van der Waals surface area contributed by atoms with Gasteiger partial charge in [-0.05, 0) is 74.1 Å². The summed E-state index contributed by atoms with van der Waals surface area (Å²) >= 11 is 0. The van der Waals surface area contributed by atoms with E-state index in [1.165, 1.54) is 12.1 Å². The van der Waals surface area contributed by atoms with Gasteiger partial charge in [-0.15, -0.1) is 0 Å². The lowest BCUT2D eigenvalue weighted by molar-refractivity contribution is -0.384. The highest BCUT2D eigenvalue weighted by Crippen LogP contribution is 2.59. The van der Waals surface area contributed by atoms with Crippen LogP contribution in [0.5, 0.6) is 0 Å². The molecule has 6 rings (SSSR count). The van der Waals surface area contributed by atoms with Crippen molar-refractivity contribution in [3.63, 3.8) is 0 Å². The van der Waals surface area contributed by atoms with Crippen LogP contribution >= 0.6 is 0 Å². The molecule has 4 aliphatic carbocycles. The number of carbonyl (C=O) groups is 2. The number of primary amides is 1. The molecule has 4 saturated carbocycles. The molecule has 2 amide bonds. The summed E-state index contributed by atoms with van der Waals surface area (Å²) in [6, 6.07) is 9.35. The minimum absolute atomic E-state index is 0.00103. The first kappa shape index (κ1) is 18.8. The molecule has 2 aromatic rings. The second-order valence-electron chi connectivity index (χ2n) is 9.08. The van der Waals surface area contributed by atoms with Crippen LogP contribution in [-0.4, -0.2) is 22.8 Å². The minimum Gasteiger partial charge on any atom is -0.451 e. The van der Waals surface area contributed by atoms with Crippen molar-refractivity contribution in [1.29, 1.82) is 0 Å². The van der Waals surface area contributed by atoms with Crippen LogP contribution in [0.25, 0.3) is 11.3 Å². The molecule has 8 nitrogen and oxygen atoms in total. The smallest absolute Gasteiger partial charge is 0.287 e. The van der Waals surface area contributed by atoms with Gasteiger partial charge in [0.1, 0.15) is 5.76 Å². The Bertz CT molecular complexity index is 1010.